The number of nitrogens with zero attached hydrogens (tertiary/aromatic N) is 2. The summed E-state index contributed by atoms with van der Waals surface area (Å²) in [6.45, 7) is 2.80. The molecule has 3 aromatic rings. The molecule has 1 aromatic heterocycles. The molecule has 0 bridgehead atoms. The van der Waals surface area contributed by atoms with Crippen molar-refractivity contribution in [2.24, 2.45) is 0 Å². The number of anilines is 1. The van der Waals surface area contributed by atoms with Gasteiger partial charge in [-0.25, -0.2) is 0 Å². The molecule has 0 aliphatic carbocycles. The molecule has 0 amide bonds. The van der Waals surface area contributed by atoms with E-state index in [-0.39, 0.29) is 0 Å². The van der Waals surface area contributed by atoms with Crippen molar-refractivity contribution in [3.8, 4) is 0 Å². The molecular weight excluding hydrogens is 222 g/mol. The fourth-order valence-corrected chi connectivity index (χ4v) is 2.23. The zero-order valence-corrected chi connectivity index (χ0v) is 10.3. The third-order valence-corrected chi connectivity index (χ3v) is 3.13. The van der Waals surface area contributed by atoms with Gasteiger partial charge in [0.15, 0.2) is 0 Å². The van der Waals surface area contributed by atoms with Crippen LogP contribution in [0.15, 0.2) is 48.5 Å². The number of fused-ring (bicyclic) bond motifs is 1. The van der Waals surface area contributed by atoms with Crippen molar-refractivity contribution >= 4 is 16.6 Å². The Hall–Kier alpha value is -2.29. The van der Waals surface area contributed by atoms with Gasteiger partial charge in [-0.05, 0) is 30.7 Å². The number of nitrogens with two attached hydrogens (primary N) is 1. The molecule has 3 nitrogen and oxygen atoms in total. The average Bonchev–Trinajstić information content (AvgIpc) is 2.67. The summed E-state index contributed by atoms with van der Waals surface area (Å²) in [5.41, 5.74) is 10.0. The Kier molecular flexibility index (Phi) is 2.52. The maximum Gasteiger partial charge on any atom is 0.0690 e. The number of hydrogen-bond donors (Lipinski definition) is 1. The summed E-state index contributed by atoms with van der Waals surface area (Å²) in [6.07, 6.45) is 0. The van der Waals surface area contributed by atoms with Crippen LogP contribution in [0.5, 0.6) is 0 Å². The molecule has 3 rings (SSSR count). The van der Waals surface area contributed by atoms with Crippen LogP contribution in [-0.4, -0.2) is 9.78 Å². The molecule has 0 aliphatic rings. The molecule has 0 saturated heterocycles. The van der Waals surface area contributed by atoms with Crippen LogP contribution in [0.2, 0.25) is 0 Å². The van der Waals surface area contributed by atoms with Gasteiger partial charge in [-0.15, -0.1) is 0 Å². The van der Waals surface area contributed by atoms with E-state index in [4.69, 9.17) is 5.73 Å². The number of aromatic nitrogens is 2. The minimum Gasteiger partial charge on any atom is -0.399 e. The first-order valence-corrected chi connectivity index (χ1v) is 6.00. The van der Waals surface area contributed by atoms with Crippen LogP contribution in [0, 0.1) is 6.92 Å². The lowest BCUT2D eigenvalue weighted by Gasteiger charge is -2.03. The van der Waals surface area contributed by atoms with Crippen molar-refractivity contribution in [3.05, 3.63) is 59.8 Å². The van der Waals surface area contributed by atoms with Crippen LogP contribution in [0.1, 0.15) is 11.3 Å². The standard InChI is InChI=1S/C15H15N3/c1-11-14-9-13(16)7-8-15(14)18(17-11)10-12-5-3-2-4-6-12/h2-9H,10,16H2,1H3. The topological polar surface area (TPSA) is 43.8 Å². The zero-order chi connectivity index (χ0) is 12.5. The number of rotatable bonds is 2. The van der Waals surface area contributed by atoms with Gasteiger partial charge in [-0.3, -0.25) is 4.68 Å². The summed E-state index contributed by atoms with van der Waals surface area (Å²) in [7, 11) is 0. The Morgan fingerprint density at radius 1 is 1.11 bits per heavy atom. The monoisotopic (exact) mass is 237 g/mol. The molecule has 0 fully saturated rings. The second-order valence-corrected chi connectivity index (χ2v) is 4.51. The second kappa shape index (κ2) is 4.18. The summed E-state index contributed by atoms with van der Waals surface area (Å²) in [5, 5.41) is 5.72. The van der Waals surface area contributed by atoms with Crippen molar-refractivity contribution in [1.29, 1.82) is 0 Å². The van der Waals surface area contributed by atoms with Crippen molar-refractivity contribution in [3.63, 3.8) is 0 Å². The van der Waals surface area contributed by atoms with Crippen LogP contribution in [0.3, 0.4) is 0 Å². The fraction of sp³-hybridized carbons (Fsp3) is 0.133. The Morgan fingerprint density at radius 2 is 1.89 bits per heavy atom. The van der Waals surface area contributed by atoms with Gasteiger partial charge in [0.05, 0.1) is 17.8 Å². The minimum atomic E-state index is 0.782. The van der Waals surface area contributed by atoms with E-state index in [1.54, 1.807) is 0 Å². The summed E-state index contributed by atoms with van der Waals surface area (Å²) in [4.78, 5) is 0. The van der Waals surface area contributed by atoms with Gasteiger partial charge in [0.25, 0.3) is 0 Å². The van der Waals surface area contributed by atoms with Crippen molar-refractivity contribution in [2.45, 2.75) is 13.5 Å². The third kappa shape index (κ3) is 1.84. The molecule has 0 atom stereocenters. The molecule has 0 aliphatic heterocycles. The van der Waals surface area contributed by atoms with Crippen LogP contribution in [-0.2, 0) is 6.54 Å². The number of nitrogen functional groups attached to an aromatic ring is 1. The first-order valence-electron chi connectivity index (χ1n) is 6.00. The van der Waals surface area contributed by atoms with Crippen molar-refractivity contribution in [2.75, 3.05) is 5.73 Å². The highest BCUT2D eigenvalue weighted by atomic mass is 15.3. The Balaban J connectivity index is 2.08. The molecule has 90 valence electrons. The molecule has 3 heteroatoms. The smallest absolute Gasteiger partial charge is 0.0690 e. The Morgan fingerprint density at radius 3 is 2.67 bits per heavy atom. The fourth-order valence-electron chi connectivity index (χ4n) is 2.23. The largest absolute Gasteiger partial charge is 0.399 e. The predicted molar refractivity (Wildman–Crippen MR) is 74.4 cm³/mol. The molecular formula is C15H15N3. The van der Waals surface area contributed by atoms with E-state index in [1.165, 1.54) is 5.56 Å². The quantitative estimate of drug-likeness (QED) is 0.696. The normalized spacial score (nSPS) is 10.9. The maximum absolute atomic E-state index is 5.82. The van der Waals surface area contributed by atoms with Crippen LogP contribution < -0.4 is 5.73 Å². The number of benzene rings is 2. The number of hydrogen-bond acceptors (Lipinski definition) is 2. The highest BCUT2D eigenvalue weighted by Gasteiger charge is 2.07. The average molecular weight is 237 g/mol. The summed E-state index contributed by atoms with van der Waals surface area (Å²) in [6, 6.07) is 16.3. The summed E-state index contributed by atoms with van der Waals surface area (Å²) < 4.78 is 2.03. The van der Waals surface area contributed by atoms with E-state index in [9.17, 15) is 0 Å². The van der Waals surface area contributed by atoms with Crippen LogP contribution >= 0.6 is 0 Å². The highest BCUT2D eigenvalue weighted by Crippen LogP contribution is 2.21. The van der Waals surface area contributed by atoms with Gasteiger partial charge in [0.1, 0.15) is 0 Å². The minimum absolute atomic E-state index is 0.782. The molecule has 2 N–H and O–H groups in total. The van der Waals surface area contributed by atoms with E-state index >= 15 is 0 Å². The Labute approximate surface area is 106 Å². The van der Waals surface area contributed by atoms with E-state index < -0.39 is 0 Å². The summed E-state index contributed by atoms with van der Waals surface area (Å²) in [5.74, 6) is 0. The second-order valence-electron chi connectivity index (χ2n) is 4.51. The van der Waals surface area contributed by atoms with Crippen LogP contribution in [0.25, 0.3) is 10.9 Å². The first kappa shape index (κ1) is 10.8. The molecule has 2 aromatic carbocycles. The number of aryl methyl sites for hydroxylation is 1. The molecule has 18 heavy (non-hydrogen) atoms. The third-order valence-electron chi connectivity index (χ3n) is 3.13. The lowest BCUT2D eigenvalue weighted by atomic mass is 10.2. The van der Waals surface area contributed by atoms with E-state index in [0.717, 1.165) is 28.8 Å². The van der Waals surface area contributed by atoms with Crippen molar-refractivity contribution < 1.29 is 0 Å². The van der Waals surface area contributed by atoms with Gasteiger partial charge >= 0.3 is 0 Å². The SMILES string of the molecule is Cc1nn(Cc2ccccc2)c2ccc(N)cc12. The lowest BCUT2D eigenvalue weighted by Crippen LogP contribution is -2.01. The van der Waals surface area contributed by atoms with E-state index in [1.807, 2.05) is 48.0 Å². The highest BCUT2D eigenvalue weighted by molar-refractivity contribution is 5.84. The molecule has 1 heterocycles. The van der Waals surface area contributed by atoms with Gasteiger partial charge in [-0.1, -0.05) is 30.3 Å². The van der Waals surface area contributed by atoms with Gasteiger partial charge < -0.3 is 5.73 Å². The molecule has 0 unspecified atom stereocenters. The molecule has 0 radical (unpaired) electrons. The summed E-state index contributed by atoms with van der Waals surface area (Å²) >= 11 is 0. The Bertz CT molecular complexity index is 684. The van der Waals surface area contributed by atoms with Gasteiger partial charge in [0.2, 0.25) is 0 Å². The van der Waals surface area contributed by atoms with E-state index in [0.29, 0.717) is 0 Å². The predicted octanol–water partition coefficient (Wildman–Crippen LogP) is 2.98. The van der Waals surface area contributed by atoms with Gasteiger partial charge in [-0.2, -0.15) is 5.10 Å². The first-order chi connectivity index (χ1) is 8.74. The zero-order valence-electron chi connectivity index (χ0n) is 10.3. The molecule has 0 spiro atoms. The lowest BCUT2D eigenvalue weighted by molar-refractivity contribution is 0.703. The van der Waals surface area contributed by atoms with Crippen LogP contribution in [0.4, 0.5) is 5.69 Å². The van der Waals surface area contributed by atoms with Crippen molar-refractivity contribution in [1.82, 2.24) is 9.78 Å². The van der Waals surface area contributed by atoms with Gasteiger partial charge in [0, 0.05) is 11.1 Å². The van der Waals surface area contributed by atoms with E-state index in [2.05, 4.69) is 17.2 Å². The molecule has 0 saturated carbocycles. The maximum atomic E-state index is 5.82.